The van der Waals surface area contributed by atoms with Crippen molar-refractivity contribution in [1.29, 1.82) is 0 Å². The van der Waals surface area contributed by atoms with Gasteiger partial charge in [0.1, 0.15) is 36.3 Å². The number of carbonyl (C=O) groups excluding carboxylic acids is 2. The second-order valence-corrected chi connectivity index (χ2v) is 9.92. The maximum atomic E-state index is 12.7. The van der Waals surface area contributed by atoms with Crippen molar-refractivity contribution >= 4 is 18.0 Å². The number of rotatable bonds is 7. The summed E-state index contributed by atoms with van der Waals surface area (Å²) < 4.78 is 27.2. The number of ether oxygens (including phenoxy) is 5. The quantitative estimate of drug-likeness (QED) is 0.177. The van der Waals surface area contributed by atoms with Gasteiger partial charge in [-0.15, -0.1) is 0 Å². The fourth-order valence-corrected chi connectivity index (χ4v) is 5.23. The molecule has 1 aromatic carbocycles. The Bertz CT molecular complexity index is 1100. The number of esters is 2. The van der Waals surface area contributed by atoms with Crippen LogP contribution in [0.3, 0.4) is 0 Å². The Morgan fingerprint density at radius 2 is 1.79 bits per heavy atom. The number of hydrogen-bond acceptors (Lipinski definition) is 13. The minimum atomic E-state index is -1.74. The molecule has 2 heterocycles. The van der Waals surface area contributed by atoms with Crippen LogP contribution in [0.15, 0.2) is 42.2 Å². The number of fused-ring (bicyclic) bond motifs is 1. The summed E-state index contributed by atoms with van der Waals surface area (Å²) in [5.74, 6) is -3.47. The Morgan fingerprint density at radius 1 is 1.10 bits per heavy atom. The van der Waals surface area contributed by atoms with Crippen molar-refractivity contribution in [3.05, 3.63) is 47.7 Å². The predicted octanol–water partition coefficient (Wildman–Crippen LogP) is -1.07. The van der Waals surface area contributed by atoms with Crippen molar-refractivity contribution < 1.29 is 63.9 Å². The van der Waals surface area contributed by atoms with E-state index in [0.29, 0.717) is 5.56 Å². The lowest BCUT2D eigenvalue weighted by atomic mass is 9.80. The van der Waals surface area contributed by atoms with Gasteiger partial charge in [0.15, 0.2) is 6.29 Å². The minimum absolute atomic E-state index is 0.0192. The SMILES string of the molecule is COC(=O)C1=COC(OC2OC(CO)C(O)C(O)C2O)C2C1C(OC(=O)C=Cc1ccc(O)cc1)CC2(C)O. The van der Waals surface area contributed by atoms with E-state index in [1.807, 2.05) is 0 Å². The van der Waals surface area contributed by atoms with Crippen LogP contribution in [-0.2, 0) is 33.3 Å². The lowest BCUT2D eigenvalue weighted by Crippen LogP contribution is -2.60. The summed E-state index contributed by atoms with van der Waals surface area (Å²) in [6.45, 7) is 0.764. The van der Waals surface area contributed by atoms with Gasteiger partial charge >= 0.3 is 11.9 Å². The highest BCUT2D eigenvalue weighted by Gasteiger charge is 2.61. The summed E-state index contributed by atoms with van der Waals surface area (Å²) in [7, 11) is 1.16. The predicted molar refractivity (Wildman–Crippen MR) is 129 cm³/mol. The Balaban J connectivity index is 1.57. The van der Waals surface area contributed by atoms with E-state index in [2.05, 4.69) is 0 Å². The first-order valence-electron chi connectivity index (χ1n) is 12.3. The average molecular weight is 553 g/mol. The number of aromatic hydroxyl groups is 1. The van der Waals surface area contributed by atoms with Gasteiger partial charge in [-0.3, -0.25) is 0 Å². The summed E-state index contributed by atoms with van der Waals surface area (Å²) in [5.41, 5.74) is -1.02. The van der Waals surface area contributed by atoms with Crippen LogP contribution in [0.2, 0.25) is 0 Å². The molecule has 13 nitrogen and oxygen atoms in total. The summed E-state index contributed by atoms with van der Waals surface area (Å²) in [5, 5.41) is 60.7. The molecule has 13 heteroatoms. The van der Waals surface area contributed by atoms with E-state index in [1.54, 1.807) is 12.1 Å². The van der Waals surface area contributed by atoms with Crippen LogP contribution in [0.4, 0.5) is 0 Å². The molecule has 1 aliphatic carbocycles. The van der Waals surface area contributed by atoms with Crippen LogP contribution in [0.25, 0.3) is 6.08 Å². The fraction of sp³-hybridized carbons (Fsp3) is 0.538. The monoisotopic (exact) mass is 552 g/mol. The Labute approximate surface area is 223 Å². The Kier molecular flexibility index (Phi) is 8.61. The molecule has 1 aromatic rings. The van der Waals surface area contributed by atoms with E-state index in [1.165, 1.54) is 25.1 Å². The largest absolute Gasteiger partial charge is 0.508 e. The number of phenolic OH excluding ortho intramolecular Hbond substituents is 1. The summed E-state index contributed by atoms with van der Waals surface area (Å²) in [6, 6.07) is 6.09. The first-order chi connectivity index (χ1) is 18.5. The van der Waals surface area contributed by atoms with E-state index in [9.17, 15) is 40.2 Å². The van der Waals surface area contributed by atoms with Crippen molar-refractivity contribution in [3.63, 3.8) is 0 Å². The third-order valence-electron chi connectivity index (χ3n) is 7.21. The molecule has 0 spiro atoms. The zero-order valence-electron chi connectivity index (χ0n) is 21.2. The van der Waals surface area contributed by atoms with Crippen LogP contribution in [0.5, 0.6) is 5.75 Å². The molecule has 214 valence electrons. The van der Waals surface area contributed by atoms with E-state index in [4.69, 9.17) is 23.7 Å². The summed E-state index contributed by atoms with van der Waals surface area (Å²) in [4.78, 5) is 25.3. The zero-order valence-corrected chi connectivity index (χ0v) is 21.2. The second-order valence-electron chi connectivity index (χ2n) is 9.92. The highest BCUT2D eigenvalue weighted by atomic mass is 16.8. The van der Waals surface area contributed by atoms with Crippen molar-refractivity contribution in [2.45, 2.75) is 62.0 Å². The molecule has 10 unspecified atom stereocenters. The highest BCUT2D eigenvalue weighted by Crippen LogP contribution is 2.51. The topological polar surface area (TPSA) is 202 Å². The first kappa shape index (κ1) is 29.0. The van der Waals surface area contributed by atoms with Crippen molar-refractivity contribution in [2.24, 2.45) is 11.8 Å². The van der Waals surface area contributed by atoms with Gasteiger partial charge in [0, 0.05) is 18.4 Å². The molecule has 0 amide bonds. The molecular weight excluding hydrogens is 520 g/mol. The van der Waals surface area contributed by atoms with E-state index >= 15 is 0 Å². The number of benzene rings is 1. The van der Waals surface area contributed by atoms with Gasteiger partial charge in [-0.25, -0.2) is 9.59 Å². The normalized spacial score (nSPS) is 38.0. The average Bonchev–Trinajstić information content (AvgIpc) is 3.18. The maximum Gasteiger partial charge on any atom is 0.337 e. The first-order valence-corrected chi connectivity index (χ1v) is 12.3. The molecule has 0 aromatic heterocycles. The molecule has 6 N–H and O–H groups in total. The lowest BCUT2D eigenvalue weighted by molar-refractivity contribution is -0.346. The molecule has 39 heavy (non-hydrogen) atoms. The van der Waals surface area contributed by atoms with Gasteiger partial charge in [-0.1, -0.05) is 12.1 Å². The molecule has 0 radical (unpaired) electrons. The Morgan fingerprint density at radius 3 is 2.44 bits per heavy atom. The van der Waals surface area contributed by atoms with Gasteiger partial charge in [-0.05, 0) is 30.7 Å². The van der Waals surface area contributed by atoms with E-state index in [-0.39, 0.29) is 17.7 Å². The fourth-order valence-electron chi connectivity index (χ4n) is 5.23. The smallest absolute Gasteiger partial charge is 0.337 e. The number of phenols is 1. The summed E-state index contributed by atoms with van der Waals surface area (Å²) >= 11 is 0. The van der Waals surface area contributed by atoms with Gasteiger partial charge in [0.25, 0.3) is 0 Å². The molecule has 2 fully saturated rings. The minimum Gasteiger partial charge on any atom is -0.508 e. The lowest BCUT2D eigenvalue weighted by Gasteiger charge is -2.44. The molecule has 0 bridgehead atoms. The second kappa shape index (κ2) is 11.6. The Hall–Kier alpha value is -3.04. The molecular formula is C26H32O13. The third-order valence-corrected chi connectivity index (χ3v) is 7.21. The van der Waals surface area contributed by atoms with Crippen LogP contribution in [-0.4, -0.2) is 105 Å². The van der Waals surface area contributed by atoms with Crippen LogP contribution in [0.1, 0.15) is 18.9 Å². The van der Waals surface area contributed by atoms with Crippen LogP contribution >= 0.6 is 0 Å². The molecule has 4 rings (SSSR count). The number of hydrogen-bond donors (Lipinski definition) is 6. The number of aliphatic hydroxyl groups is 5. The highest BCUT2D eigenvalue weighted by molar-refractivity contribution is 5.90. The van der Waals surface area contributed by atoms with Crippen molar-refractivity contribution in [2.75, 3.05) is 13.7 Å². The third kappa shape index (κ3) is 5.94. The number of carbonyl (C=O) groups is 2. The summed E-state index contributed by atoms with van der Waals surface area (Å²) in [6.07, 6.45) is -6.69. The molecule has 1 saturated heterocycles. The zero-order chi connectivity index (χ0) is 28.5. The molecule has 10 atom stereocenters. The van der Waals surface area contributed by atoms with Crippen LogP contribution < -0.4 is 0 Å². The van der Waals surface area contributed by atoms with Crippen LogP contribution in [0, 0.1) is 11.8 Å². The van der Waals surface area contributed by atoms with Gasteiger partial charge in [-0.2, -0.15) is 0 Å². The molecule has 1 saturated carbocycles. The van der Waals surface area contributed by atoms with Crippen molar-refractivity contribution in [3.8, 4) is 5.75 Å². The maximum absolute atomic E-state index is 12.7. The standard InChI is InChI=1S/C26H32O13/c1-26(34)9-15(37-17(29)8-5-12-3-6-13(28)7-4-12)18-14(23(33)35-2)11-36-24(19(18)26)39-25-22(32)21(31)20(30)16(10-27)38-25/h3-8,11,15-16,18-22,24-25,27-28,30-32,34H,9-10H2,1-2H3. The molecule has 3 aliphatic rings. The van der Waals surface area contributed by atoms with Crippen molar-refractivity contribution in [1.82, 2.24) is 0 Å². The van der Waals surface area contributed by atoms with E-state index in [0.717, 1.165) is 19.4 Å². The van der Waals surface area contributed by atoms with E-state index < -0.39 is 79.1 Å². The molecule has 2 aliphatic heterocycles. The van der Waals surface area contributed by atoms with Gasteiger partial charge in [0.2, 0.25) is 6.29 Å². The number of aliphatic hydroxyl groups excluding tert-OH is 4. The van der Waals surface area contributed by atoms with Gasteiger partial charge in [0.05, 0.1) is 37.1 Å². The van der Waals surface area contributed by atoms with Gasteiger partial charge < -0.3 is 54.3 Å². The number of methoxy groups -OCH3 is 1.